The summed E-state index contributed by atoms with van der Waals surface area (Å²) < 4.78 is 0.714. The number of hydrogen-bond donors (Lipinski definition) is 2. The number of aromatic amines is 1. The molecule has 0 saturated heterocycles. The fourth-order valence-corrected chi connectivity index (χ4v) is 2.50. The first-order chi connectivity index (χ1) is 8.74. The molecule has 0 radical (unpaired) electrons. The Bertz CT molecular complexity index is 628. The third-order valence-corrected chi connectivity index (χ3v) is 3.62. The molecule has 3 rings (SSSR count). The molecule has 3 nitrogen and oxygen atoms in total. The van der Waals surface area contributed by atoms with Gasteiger partial charge in [0.25, 0.3) is 0 Å². The molecule has 1 aromatic carbocycles. The summed E-state index contributed by atoms with van der Waals surface area (Å²) in [5.74, 6) is 0.876. The van der Waals surface area contributed by atoms with E-state index in [1.54, 1.807) is 0 Å². The van der Waals surface area contributed by atoms with Gasteiger partial charge in [0.05, 0.1) is 0 Å². The van der Waals surface area contributed by atoms with Gasteiger partial charge in [-0.25, -0.2) is 4.98 Å². The van der Waals surface area contributed by atoms with Crippen molar-refractivity contribution in [2.45, 2.75) is 19.9 Å². The van der Waals surface area contributed by atoms with Crippen molar-refractivity contribution in [2.75, 3.05) is 6.54 Å². The number of benzene rings is 1. The highest BCUT2D eigenvalue weighted by molar-refractivity contribution is 7.71. The van der Waals surface area contributed by atoms with Crippen LogP contribution in [0.5, 0.6) is 0 Å². The van der Waals surface area contributed by atoms with Crippen LogP contribution < -0.4 is 5.32 Å². The maximum atomic E-state index is 5.38. The van der Waals surface area contributed by atoms with Crippen LogP contribution in [0, 0.1) is 11.6 Å². The molecule has 1 aliphatic heterocycles. The summed E-state index contributed by atoms with van der Waals surface area (Å²) in [5.41, 5.74) is 4.71. The van der Waals surface area contributed by atoms with Crippen molar-refractivity contribution in [3.63, 3.8) is 0 Å². The molecule has 4 heteroatoms. The van der Waals surface area contributed by atoms with Crippen LogP contribution in [0.15, 0.2) is 24.3 Å². The van der Waals surface area contributed by atoms with E-state index in [0.717, 1.165) is 36.5 Å². The van der Waals surface area contributed by atoms with E-state index in [9.17, 15) is 0 Å². The number of fused-ring (bicyclic) bond motifs is 1. The lowest BCUT2D eigenvalue weighted by molar-refractivity contribution is 0.624. The van der Waals surface area contributed by atoms with Crippen molar-refractivity contribution in [3.8, 4) is 11.4 Å². The van der Waals surface area contributed by atoms with Gasteiger partial charge in [0.1, 0.15) is 10.5 Å². The first kappa shape index (κ1) is 11.6. The minimum atomic E-state index is 0.714. The SMILES string of the molecule is Cc1ccc(-c2nc(=S)c3c([nH]2)CCNC3)cc1. The second-order valence-electron chi connectivity index (χ2n) is 4.64. The molecule has 0 aliphatic carbocycles. The van der Waals surface area contributed by atoms with Gasteiger partial charge in [0.2, 0.25) is 0 Å². The standard InChI is InChI=1S/C14H15N3S/c1-9-2-4-10(5-3-9)13-16-12-6-7-15-8-11(12)14(18)17-13/h2-5,15H,6-8H2,1H3,(H,16,17,18). The Hall–Kier alpha value is -1.52. The van der Waals surface area contributed by atoms with E-state index in [-0.39, 0.29) is 0 Å². The smallest absolute Gasteiger partial charge is 0.139 e. The average molecular weight is 257 g/mol. The van der Waals surface area contributed by atoms with E-state index in [1.807, 2.05) is 0 Å². The van der Waals surface area contributed by atoms with Gasteiger partial charge in [0, 0.05) is 36.3 Å². The van der Waals surface area contributed by atoms with Gasteiger partial charge in [-0.05, 0) is 6.92 Å². The van der Waals surface area contributed by atoms with Crippen molar-refractivity contribution in [3.05, 3.63) is 45.7 Å². The molecule has 0 atom stereocenters. The quantitative estimate of drug-likeness (QED) is 0.772. The predicted molar refractivity (Wildman–Crippen MR) is 75.0 cm³/mol. The fraction of sp³-hybridized carbons (Fsp3) is 0.286. The molecule has 2 aromatic rings. The van der Waals surface area contributed by atoms with Gasteiger partial charge in [-0.15, -0.1) is 0 Å². The number of nitrogens with zero attached hydrogens (tertiary/aromatic N) is 1. The number of rotatable bonds is 1. The van der Waals surface area contributed by atoms with Gasteiger partial charge in [0.15, 0.2) is 0 Å². The van der Waals surface area contributed by atoms with Crippen molar-refractivity contribution in [1.29, 1.82) is 0 Å². The number of H-pyrrole nitrogens is 1. The first-order valence-electron chi connectivity index (χ1n) is 6.14. The van der Waals surface area contributed by atoms with Gasteiger partial charge in [-0.2, -0.15) is 0 Å². The van der Waals surface area contributed by atoms with Crippen LogP contribution in [0.4, 0.5) is 0 Å². The molecule has 0 bridgehead atoms. The molecule has 0 saturated carbocycles. The van der Waals surface area contributed by atoms with Gasteiger partial charge < -0.3 is 10.3 Å². The van der Waals surface area contributed by atoms with Crippen molar-refractivity contribution < 1.29 is 0 Å². The van der Waals surface area contributed by atoms with E-state index in [4.69, 9.17) is 12.2 Å². The third kappa shape index (κ3) is 2.09. The molecular formula is C14H15N3S. The van der Waals surface area contributed by atoms with E-state index < -0.39 is 0 Å². The van der Waals surface area contributed by atoms with Gasteiger partial charge in [-0.1, -0.05) is 42.0 Å². The average Bonchev–Trinajstić information content (AvgIpc) is 2.39. The number of nitrogens with one attached hydrogen (secondary N) is 2. The molecule has 18 heavy (non-hydrogen) atoms. The molecule has 1 aliphatic rings. The molecular weight excluding hydrogens is 242 g/mol. The monoisotopic (exact) mass is 257 g/mol. The van der Waals surface area contributed by atoms with Crippen molar-refractivity contribution in [2.24, 2.45) is 0 Å². The topological polar surface area (TPSA) is 40.7 Å². The van der Waals surface area contributed by atoms with Crippen molar-refractivity contribution >= 4 is 12.2 Å². The van der Waals surface area contributed by atoms with Crippen LogP contribution in [0.3, 0.4) is 0 Å². The lowest BCUT2D eigenvalue weighted by Gasteiger charge is -2.17. The van der Waals surface area contributed by atoms with Crippen LogP contribution in [-0.4, -0.2) is 16.5 Å². The highest BCUT2D eigenvalue weighted by atomic mass is 32.1. The molecule has 92 valence electrons. The van der Waals surface area contributed by atoms with Gasteiger partial charge >= 0.3 is 0 Å². The van der Waals surface area contributed by atoms with Crippen LogP contribution >= 0.6 is 12.2 Å². The molecule has 0 fully saturated rings. The maximum Gasteiger partial charge on any atom is 0.139 e. The zero-order valence-corrected chi connectivity index (χ0v) is 11.1. The van der Waals surface area contributed by atoms with E-state index in [2.05, 4.69) is 46.5 Å². The summed E-state index contributed by atoms with van der Waals surface area (Å²) in [5, 5.41) is 3.32. The highest BCUT2D eigenvalue weighted by Crippen LogP contribution is 2.19. The normalized spacial score (nSPS) is 14.3. The van der Waals surface area contributed by atoms with Crippen LogP contribution in [-0.2, 0) is 13.0 Å². The maximum absolute atomic E-state index is 5.38. The molecule has 2 heterocycles. The highest BCUT2D eigenvalue weighted by Gasteiger charge is 2.13. The lowest BCUT2D eigenvalue weighted by atomic mass is 10.1. The molecule has 0 unspecified atom stereocenters. The van der Waals surface area contributed by atoms with E-state index >= 15 is 0 Å². The minimum Gasteiger partial charge on any atom is -0.343 e. The Morgan fingerprint density at radius 3 is 2.78 bits per heavy atom. The number of hydrogen-bond acceptors (Lipinski definition) is 3. The fourth-order valence-electron chi connectivity index (χ4n) is 2.22. The summed E-state index contributed by atoms with van der Waals surface area (Å²) in [4.78, 5) is 7.93. The number of aryl methyl sites for hydroxylation is 1. The second-order valence-corrected chi connectivity index (χ2v) is 5.03. The van der Waals surface area contributed by atoms with Gasteiger partial charge in [-0.3, -0.25) is 0 Å². The molecule has 0 amide bonds. The zero-order chi connectivity index (χ0) is 12.5. The Kier molecular flexibility index (Phi) is 2.97. The summed E-state index contributed by atoms with van der Waals surface area (Å²) in [7, 11) is 0. The van der Waals surface area contributed by atoms with Crippen LogP contribution in [0.25, 0.3) is 11.4 Å². The molecule has 1 aromatic heterocycles. The predicted octanol–water partition coefficient (Wildman–Crippen LogP) is 2.76. The van der Waals surface area contributed by atoms with E-state index in [1.165, 1.54) is 11.3 Å². The summed E-state index contributed by atoms with van der Waals surface area (Å²) in [6.45, 7) is 3.90. The van der Waals surface area contributed by atoms with Crippen LogP contribution in [0.2, 0.25) is 0 Å². The van der Waals surface area contributed by atoms with Crippen molar-refractivity contribution in [1.82, 2.24) is 15.3 Å². The zero-order valence-electron chi connectivity index (χ0n) is 10.3. The Morgan fingerprint density at radius 1 is 1.22 bits per heavy atom. The third-order valence-electron chi connectivity index (χ3n) is 3.28. The minimum absolute atomic E-state index is 0.714. The van der Waals surface area contributed by atoms with E-state index in [0.29, 0.717) is 4.64 Å². The Labute approximate surface area is 111 Å². The summed E-state index contributed by atoms with van der Waals surface area (Å²) in [6, 6.07) is 8.34. The molecule has 2 N–H and O–H groups in total. The Balaban J connectivity index is 2.11. The first-order valence-corrected chi connectivity index (χ1v) is 6.55. The summed E-state index contributed by atoms with van der Waals surface area (Å²) in [6.07, 6.45) is 0.986. The number of aromatic nitrogens is 2. The molecule has 0 spiro atoms. The van der Waals surface area contributed by atoms with Crippen LogP contribution in [0.1, 0.15) is 16.8 Å². The second kappa shape index (κ2) is 4.63. The lowest BCUT2D eigenvalue weighted by Crippen LogP contribution is -2.25. The Morgan fingerprint density at radius 2 is 2.00 bits per heavy atom. The largest absolute Gasteiger partial charge is 0.343 e. The summed E-state index contributed by atoms with van der Waals surface area (Å²) >= 11 is 5.38.